The van der Waals surface area contributed by atoms with E-state index in [0.717, 1.165) is 6.42 Å². The second-order valence-corrected chi connectivity index (χ2v) is 2.97. The Morgan fingerprint density at radius 1 is 1.64 bits per heavy atom. The van der Waals surface area contributed by atoms with E-state index in [-0.39, 0.29) is 5.78 Å². The van der Waals surface area contributed by atoms with Crippen molar-refractivity contribution in [2.45, 2.75) is 26.2 Å². The third-order valence-electron chi connectivity index (χ3n) is 1.79. The van der Waals surface area contributed by atoms with Gasteiger partial charge in [-0.1, -0.05) is 0 Å². The first-order valence-corrected chi connectivity index (χ1v) is 4.50. The van der Waals surface area contributed by atoms with Gasteiger partial charge in [-0.25, -0.2) is 9.97 Å². The molecule has 0 aliphatic heterocycles. The number of aryl methyl sites for hydroxylation is 1. The van der Waals surface area contributed by atoms with E-state index in [4.69, 9.17) is 6.42 Å². The minimum Gasteiger partial charge on any atom is -0.292 e. The molecule has 0 atom stereocenters. The summed E-state index contributed by atoms with van der Waals surface area (Å²) in [5.41, 5.74) is 0.481. The molecule has 14 heavy (non-hydrogen) atoms. The monoisotopic (exact) mass is 188 g/mol. The maximum Gasteiger partial charge on any atom is 0.181 e. The predicted octanol–water partition coefficient (Wildman–Crippen LogP) is 1.77. The van der Waals surface area contributed by atoms with E-state index in [0.29, 0.717) is 24.4 Å². The molecule has 1 rings (SSSR count). The van der Waals surface area contributed by atoms with Gasteiger partial charge in [0.15, 0.2) is 5.78 Å². The molecule has 3 nitrogen and oxygen atoms in total. The minimum atomic E-state index is 0.0331. The molecule has 1 aromatic heterocycles. The van der Waals surface area contributed by atoms with Gasteiger partial charge in [-0.2, -0.15) is 0 Å². The van der Waals surface area contributed by atoms with E-state index in [1.807, 2.05) is 0 Å². The molecule has 0 unspecified atom stereocenters. The summed E-state index contributed by atoms with van der Waals surface area (Å²) < 4.78 is 0. The maximum absolute atomic E-state index is 11.5. The first-order valence-electron chi connectivity index (χ1n) is 4.50. The van der Waals surface area contributed by atoms with Crippen molar-refractivity contribution in [3.63, 3.8) is 0 Å². The van der Waals surface area contributed by atoms with Crippen LogP contribution in [-0.4, -0.2) is 15.8 Å². The lowest BCUT2D eigenvalue weighted by molar-refractivity contribution is 0.0975. The smallest absolute Gasteiger partial charge is 0.181 e. The fourth-order valence-electron chi connectivity index (χ4n) is 1.09. The summed E-state index contributed by atoms with van der Waals surface area (Å²) in [6.07, 6.45) is 8.50. The zero-order valence-electron chi connectivity index (χ0n) is 8.16. The van der Waals surface area contributed by atoms with Gasteiger partial charge < -0.3 is 0 Å². The van der Waals surface area contributed by atoms with Crippen LogP contribution in [0.4, 0.5) is 0 Å². The number of hydrogen-bond donors (Lipinski definition) is 0. The summed E-state index contributed by atoms with van der Waals surface area (Å²) in [4.78, 5) is 19.5. The first kappa shape index (κ1) is 10.4. The molecule has 0 N–H and O–H groups in total. The standard InChI is InChI=1S/C11H12N2O/c1-3-4-5-6-11(14)10-7-8-12-9(2)13-10/h1,7-8H,4-6H2,2H3. The van der Waals surface area contributed by atoms with Gasteiger partial charge >= 0.3 is 0 Å². The van der Waals surface area contributed by atoms with E-state index in [1.165, 1.54) is 0 Å². The summed E-state index contributed by atoms with van der Waals surface area (Å²) >= 11 is 0. The van der Waals surface area contributed by atoms with Gasteiger partial charge in [-0.05, 0) is 19.4 Å². The highest BCUT2D eigenvalue weighted by Crippen LogP contribution is 2.03. The zero-order chi connectivity index (χ0) is 10.4. The third-order valence-corrected chi connectivity index (χ3v) is 1.79. The number of unbranched alkanes of at least 4 members (excludes halogenated alkanes) is 1. The molecule has 0 saturated carbocycles. The highest BCUT2D eigenvalue weighted by Gasteiger charge is 2.06. The van der Waals surface area contributed by atoms with Crippen molar-refractivity contribution < 1.29 is 4.79 Å². The zero-order valence-corrected chi connectivity index (χ0v) is 8.16. The quantitative estimate of drug-likeness (QED) is 0.411. The van der Waals surface area contributed by atoms with Gasteiger partial charge in [0.2, 0.25) is 0 Å². The molecule has 0 aliphatic rings. The second kappa shape index (κ2) is 5.13. The number of terminal acetylenes is 1. The Hall–Kier alpha value is -1.69. The van der Waals surface area contributed by atoms with Crippen molar-refractivity contribution in [2.75, 3.05) is 0 Å². The first-order chi connectivity index (χ1) is 6.74. The van der Waals surface area contributed by atoms with Crippen LogP contribution in [0, 0.1) is 19.3 Å². The van der Waals surface area contributed by atoms with E-state index >= 15 is 0 Å². The van der Waals surface area contributed by atoms with Gasteiger partial charge in [0, 0.05) is 19.0 Å². The summed E-state index contributed by atoms with van der Waals surface area (Å²) in [5.74, 6) is 3.15. The average molecular weight is 188 g/mol. The minimum absolute atomic E-state index is 0.0331. The lowest BCUT2D eigenvalue weighted by Gasteiger charge is -1.98. The number of ketones is 1. The molecule has 1 heterocycles. The largest absolute Gasteiger partial charge is 0.292 e. The number of carbonyl (C=O) groups is 1. The number of carbonyl (C=O) groups excluding carboxylic acids is 1. The normalized spacial score (nSPS) is 9.43. The maximum atomic E-state index is 11.5. The van der Waals surface area contributed by atoms with Gasteiger partial charge in [0.05, 0.1) is 0 Å². The Bertz CT molecular complexity index is 366. The van der Waals surface area contributed by atoms with Crippen LogP contribution in [0.5, 0.6) is 0 Å². The summed E-state index contributed by atoms with van der Waals surface area (Å²) in [6.45, 7) is 1.76. The molecule has 0 spiro atoms. The number of hydrogen-bond acceptors (Lipinski definition) is 3. The number of aromatic nitrogens is 2. The SMILES string of the molecule is C#CCCCC(=O)c1ccnc(C)n1. The Balaban J connectivity index is 2.57. The Morgan fingerprint density at radius 3 is 3.07 bits per heavy atom. The van der Waals surface area contributed by atoms with Gasteiger partial charge in [-0.15, -0.1) is 12.3 Å². The van der Waals surface area contributed by atoms with Crippen LogP contribution < -0.4 is 0 Å². The fraction of sp³-hybridized carbons (Fsp3) is 0.364. The Labute approximate surface area is 83.6 Å². The van der Waals surface area contributed by atoms with Crippen LogP contribution in [0.25, 0.3) is 0 Å². The van der Waals surface area contributed by atoms with E-state index in [1.54, 1.807) is 19.2 Å². The van der Waals surface area contributed by atoms with E-state index in [2.05, 4.69) is 15.9 Å². The summed E-state index contributed by atoms with van der Waals surface area (Å²) in [6, 6.07) is 1.63. The molecule has 0 bridgehead atoms. The third kappa shape index (κ3) is 2.98. The number of Topliss-reactive ketones (excluding diaryl/α,β-unsaturated/α-hetero) is 1. The molecule has 0 saturated heterocycles. The Morgan fingerprint density at radius 2 is 2.43 bits per heavy atom. The molecule has 0 radical (unpaired) electrons. The summed E-state index contributed by atoms with van der Waals surface area (Å²) in [5, 5.41) is 0. The molecule has 0 fully saturated rings. The van der Waals surface area contributed by atoms with Crippen LogP contribution in [0.2, 0.25) is 0 Å². The second-order valence-electron chi connectivity index (χ2n) is 2.97. The highest BCUT2D eigenvalue weighted by molar-refractivity contribution is 5.94. The van der Waals surface area contributed by atoms with Crippen LogP contribution in [-0.2, 0) is 0 Å². The van der Waals surface area contributed by atoms with Crippen molar-refractivity contribution in [1.82, 2.24) is 9.97 Å². The van der Waals surface area contributed by atoms with Gasteiger partial charge in [-0.3, -0.25) is 4.79 Å². The van der Waals surface area contributed by atoms with Crippen molar-refractivity contribution >= 4 is 5.78 Å². The predicted molar refractivity (Wildman–Crippen MR) is 53.8 cm³/mol. The van der Waals surface area contributed by atoms with Crippen molar-refractivity contribution in [2.24, 2.45) is 0 Å². The number of nitrogens with zero attached hydrogens (tertiary/aromatic N) is 2. The molecule has 0 aliphatic carbocycles. The van der Waals surface area contributed by atoms with Crippen molar-refractivity contribution in [3.8, 4) is 12.3 Å². The molecule has 72 valence electrons. The van der Waals surface area contributed by atoms with Crippen LogP contribution in [0.1, 0.15) is 35.6 Å². The Kier molecular flexibility index (Phi) is 3.81. The molecule has 1 aromatic rings. The lowest BCUT2D eigenvalue weighted by Crippen LogP contribution is -2.03. The molecule has 0 amide bonds. The summed E-state index contributed by atoms with van der Waals surface area (Å²) in [7, 11) is 0. The van der Waals surface area contributed by atoms with E-state index < -0.39 is 0 Å². The topological polar surface area (TPSA) is 42.9 Å². The van der Waals surface area contributed by atoms with Crippen LogP contribution >= 0.6 is 0 Å². The molecular formula is C11H12N2O. The van der Waals surface area contributed by atoms with Gasteiger partial charge in [0.1, 0.15) is 11.5 Å². The van der Waals surface area contributed by atoms with Crippen LogP contribution in [0.15, 0.2) is 12.3 Å². The molecule has 0 aromatic carbocycles. The lowest BCUT2D eigenvalue weighted by atomic mass is 10.1. The van der Waals surface area contributed by atoms with E-state index in [9.17, 15) is 4.79 Å². The fourth-order valence-corrected chi connectivity index (χ4v) is 1.09. The molecule has 3 heteroatoms. The highest BCUT2D eigenvalue weighted by atomic mass is 16.1. The van der Waals surface area contributed by atoms with Crippen molar-refractivity contribution in [1.29, 1.82) is 0 Å². The van der Waals surface area contributed by atoms with Crippen LogP contribution in [0.3, 0.4) is 0 Å². The van der Waals surface area contributed by atoms with Gasteiger partial charge in [0.25, 0.3) is 0 Å². The van der Waals surface area contributed by atoms with Crippen molar-refractivity contribution in [3.05, 3.63) is 23.8 Å². The molecular weight excluding hydrogens is 176 g/mol. The average Bonchev–Trinajstić information content (AvgIpc) is 2.18. The number of rotatable bonds is 4.